The Hall–Kier alpha value is -1.38. The van der Waals surface area contributed by atoms with Gasteiger partial charge in [0.2, 0.25) is 5.91 Å². The zero-order chi connectivity index (χ0) is 19.4. The van der Waals surface area contributed by atoms with E-state index in [4.69, 9.17) is 0 Å². The summed E-state index contributed by atoms with van der Waals surface area (Å²) in [6.45, 7) is 9.43. The molecule has 1 aromatic rings. The number of hydrogen-bond acceptors (Lipinski definition) is 4. The van der Waals surface area contributed by atoms with Gasteiger partial charge in [-0.05, 0) is 62.1 Å². The molecule has 1 aliphatic carbocycles. The molecule has 0 aromatic carbocycles. The summed E-state index contributed by atoms with van der Waals surface area (Å²) in [7, 11) is 0. The number of likely N-dealkylation sites (tertiary alicyclic amines) is 1. The molecule has 3 rings (SSSR count). The number of thiophene rings is 1. The van der Waals surface area contributed by atoms with Gasteiger partial charge in [0.15, 0.2) is 0 Å². The van der Waals surface area contributed by atoms with Gasteiger partial charge in [0.25, 0.3) is 0 Å². The maximum atomic E-state index is 12.6. The molecule has 4 nitrogen and oxygen atoms in total. The maximum absolute atomic E-state index is 12.6. The highest BCUT2D eigenvalue weighted by atomic mass is 32.1. The van der Waals surface area contributed by atoms with Gasteiger partial charge in [0, 0.05) is 4.88 Å². The number of carbonyl (C=O) groups excluding carboxylic acids is 1. The van der Waals surface area contributed by atoms with Gasteiger partial charge >= 0.3 is 0 Å². The summed E-state index contributed by atoms with van der Waals surface area (Å²) in [5, 5.41) is 13.5. The predicted molar refractivity (Wildman–Crippen MR) is 112 cm³/mol. The van der Waals surface area contributed by atoms with Gasteiger partial charge in [-0.2, -0.15) is 5.26 Å². The van der Waals surface area contributed by atoms with E-state index in [1.165, 1.54) is 42.5 Å². The van der Waals surface area contributed by atoms with Crippen LogP contribution in [0.1, 0.15) is 75.3 Å². The Morgan fingerprint density at radius 2 is 2.00 bits per heavy atom. The van der Waals surface area contributed by atoms with Gasteiger partial charge in [-0.1, -0.05) is 40.0 Å². The molecule has 0 unspecified atom stereocenters. The lowest BCUT2D eigenvalue weighted by molar-refractivity contribution is -0.117. The average molecular weight is 388 g/mol. The Labute approximate surface area is 167 Å². The van der Waals surface area contributed by atoms with Gasteiger partial charge in [-0.3, -0.25) is 9.69 Å². The predicted octanol–water partition coefficient (Wildman–Crippen LogP) is 4.98. The van der Waals surface area contributed by atoms with Gasteiger partial charge in [0.1, 0.15) is 11.1 Å². The van der Waals surface area contributed by atoms with Crippen LogP contribution >= 0.6 is 11.3 Å². The number of nitriles is 1. The maximum Gasteiger partial charge on any atom is 0.239 e. The van der Waals surface area contributed by atoms with Crippen LogP contribution in [-0.4, -0.2) is 30.4 Å². The molecule has 5 heteroatoms. The third-order valence-electron chi connectivity index (χ3n) is 6.71. The fraction of sp³-hybridized carbons (Fsp3) is 0.727. The second-order valence-electron chi connectivity index (χ2n) is 8.84. The summed E-state index contributed by atoms with van der Waals surface area (Å²) in [5.41, 5.74) is 2.23. The Morgan fingerprint density at radius 3 is 2.63 bits per heavy atom. The molecule has 1 aromatic heterocycles. The van der Waals surface area contributed by atoms with Crippen LogP contribution in [0.25, 0.3) is 0 Å². The lowest BCUT2D eigenvalue weighted by atomic mass is 9.69. The van der Waals surface area contributed by atoms with Gasteiger partial charge in [0.05, 0.1) is 12.1 Å². The number of hydrogen-bond donors (Lipinski definition) is 1. The van der Waals surface area contributed by atoms with E-state index in [-0.39, 0.29) is 5.91 Å². The molecule has 0 spiro atoms. The Morgan fingerprint density at radius 1 is 1.30 bits per heavy atom. The molecule has 1 amide bonds. The van der Waals surface area contributed by atoms with E-state index < -0.39 is 0 Å². The van der Waals surface area contributed by atoms with E-state index in [0.717, 1.165) is 37.4 Å². The highest BCUT2D eigenvalue weighted by molar-refractivity contribution is 7.16. The summed E-state index contributed by atoms with van der Waals surface area (Å²) < 4.78 is 0. The van der Waals surface area contributed by atoms with Crippen LogP contribution in [0.2, 0.25) is 0 Å². The monoisotopic (exact) mass is 387 g/mol. The first-order valence-electron chi connectivity index (χ1n) is 10.5. The number of rotatable bonds is 5. The van der Waals surface area contributed by atoms with Crippen molar-refractivity contribution in [3.8, 4) is 6.07 Å². The Kier molecular flexibility index (Phi) is 6.60. The van der Waals surface area contributed by atoms with Crippen molar-refractivity contribution >= 4 is 22.2 Å². The normalized spacial score (nSPS) is 21.2. The minimum absolute atomic E-state index is 0.0254. The van der Waals surface area contributed by atoms with Gasteiger partial charge < -0.3 is 5.32 Å². The van der Waals surface area contributed by atoms with Crippen LogP contribution in [0.3, 0.4) is 0 Å². The molecular formula is C22H33N3OS. The van der Waals surface area contributed by atoms with Crippen molar-refractivity contribution in [3.63, 3.8) is 0 Å². The van der Waals surface area contributed by atoms with Crippen LogP contribution in [-0.2, 0) is 17.6 Å². The van der Waals surface area contributed by atoms with E-state index in [2.05, 4.69) is 37.1 Å². The zero-order valence-electron chi connectivity index (χ0n) is 17.1. The number of nitrogens with zero attached hydrogens (tertiary/aromatic N) is 2. The number of anilines is 1. The SMILES string of the molecule is CCC(C)(C)[C@H]1CCc2c(sc(NC(=O)CN3CCCCCC3)c2C#N)C1. The van der Waals surface area contributed by atoms with Crippen LogP contribution in [0.4, 0.5) is 5.00 Å². The lowest BCUT2D eigenvalue weighted by Gasteiger charge is -2.36. The van der Waals surface area contributed by atoms with Crippen LogP contribution < -0.4 is 5.32 Å². The molecule has 0 saturated carbocycles. The van der Waals surface area contributed by atoms with E-state index in [1.54, 1.807) is 11.3 Å². The molecule has 2 heterocycles. The van der Waals surface area contributed by atoms with Crippen molar-refractivity contribution < 1.29 is 4.79 Å². The minimum atomic E-state index is 0.0254. The van der Waals surface area contributed by atoms with Crippen LogP contribution in [0, 0.1) is 22.7 Å². The zero-order valence-corrected chi connectivity index (χ0v) is 17.9. The van der Waals surface area contributed by atoms with E-state index in [9.17, 15) is 10.1 Å². The Bertz CT molecular complexity index is 708. The molecule has 1 atom stereocenters. The second-order valence-corrected chi connectivity index (χ2v) is 9.95. The molecule has 0 radical (unpaired) electrons. The smallest absolute Gasteiger partial charge is 0.239 e. The fourth-order valence-corrected chi connectivity index (χ4v) is 5.71. The Balaban J connectivity index is 1.70. The van der Waals surface area contributed by atoms with Crippen molar-refractivity contribution in [1.29, 1.82) is 5.26 Å². The van der Waals surface area contributed by atoms with E-state index >= 15 is 0 Å². The molecule has 148 valence electrons. The van der Waals surface area contributed by atoms with Crippen molar-refractivity contribution in [2.45, 2.75) is 72.1 Å². The largest absolute Gasteiger partial charge is 0.315 e. The van der Waals surface area contributed by atoms with Crippen molar-refractivity contribution in [1.82, 2.24) is 4.90 Å². The molecule has 1 aliphatic heterocycles. The molecule has 2 aliphatic rings. The van der Waals surface area contributed by atoms with Crippen molar-refractivity contribution in [2.75, 3.05) is 25.0 Å². The third kappa shape index (κ3) is 4.73. The van der Waals surface area contributed by atoms with Crippen LogP contribution in [0.15, 0.2) is 0 Å². The lowest BCUT2D eigenvalue weighted by Crippen LogP contribution is -2.33. The third-order valence-corrected chi connectivity index (χ3v) is 7.88. The first kappa shape index (κ1) is 20.4. The summed E-state index contributed by atoms with van der Waals surface area (Å²) in [4.78, 5) is 16.2. The summed E-state index contributed by atoms with van der Waals surface area (Å²) in [5.74, 6) is 0.679. The molecule has 1 N–H and O–H groups in total. The molecule has 0 bridgehead atoms. The van der Waals surface area contributed by atoms with Crippen molar-refractivity contribution in [2.24, 2.45) is 11.3 Å². The summed E-state index contributed by atoms with van der Waals surface area (Å²) in [6, 6.07) is 2.37. The highest BCUT2D eigenvalue weighted by Gasteiger charge is 2.34. The van der Waals surface area contributed by atoms with Crippen molar-refractivity contribution in [3.05, 3.63) is 16.0 Å². The van der Waals surface area contributed by atoms with E-state index in [0.29, 0.717) is 23.4 Å². The number of fused-ring (bicyclic) bond motifs is 1. The molecule has 27 heavy (non-hydrogen) atoms. The van der Waals surface area contributed by atoms with Gasteiger partial charge in [-0.15, -0.1) is 11.3 Å². The first-order valence-corrected chi connectivity index (χ1v) is 11.3. The second kappa shape index (κ2) is 8.75. The van der Waals surface area contributed by atoms with Crippen LogP contribution in [0.5, 0.6) is 0 Å². The summed E-state index contributed by atoms with van der Waals surface area (Å²) in [6.07, 6.45) is 9.20. The number of carbonyl (C=O) groups is 1. The first-order chi connectivity index (χ1) is 12.9. The minimum Gasteiger partial charge on any atom is -0.315 e. The molecule has 1 saturated heterocycles. The quantitative estimate of drug-likeness (QED) is 0.775. The molecule has 1 fully saturated rings. The van der Waals surface area contributed by atoms with Gasteiger partial charge in [-0.25, -0.2) is 0 Å². The number of nitrogens with one attached hydrogen (secondary N) is 1. The number of amides is 1. The fourth-order valence-electron chi connectivity index (χ4n) is 4.41. The standard InChI is InChI=1S/C22H33N3OS/c1-4-22(2,3)16-9-10-17-18(14-23)21(27-19(17)13-16)24-20(26)15-25-11-7-5-6-8-12-25/h16H,4-13,15H2,1-3H3,(H,24,26)/t16-/m0/s1. The topological polar surface area (TPSA) is 56.1 Å². The average Bonchev–Trinajstić information content (AvgIpc) is 2.79. The summed E-state index contributed by atoms with van der Waals surface area (Å²) >= 11 is 1.64. The van der Waals surface area contributed by atoms with E-state index in [1.807, 2.05) is 0 Å². The highest BCUT2D eigenvalue weighted by Crippen LogP contribution is 2.45. The molecular weight excluding hydrogens is 354 g/mol.